The summed E-state index contributed by atoms with van der Waals surface area (Å²) in [6.45, 7) is 2.08. The summed E-state index contributed by atoms with van der Waals surface area (Å²) in [6.07, 6.45) is 1.84. The number of amides is 2. The lowest BCUT2D eigenvalue weighted by molar-refractivity contribution is -0.384. The highest BCUT2D eigenvalue weighted by molar-refractivity contribution is 7.93. The van der Waals surface area contributed by atoms with Gasteiger partial charge >= 0.3 is 6.09 Å². The minimum atomic E-state index is -4.76. The number of carbonyl (C=O) groups excluding carboxylic acids is 1. The number of para-hydroxylation sites is 1. The molecule has 2 aliphatic heterocycles. The number of piperazine rings is 1. The second-order valence-corrected chi connectivity index (χ2v) is 12.8. The molecule has 0 saturated carbocycles. The Kier molecular flexibility index (Phi) is 8.19. The van der Waals surface area contributed by atoms with Gasteiger partial charge in [0.2, 0.25) is 0 Å². The fraction of sp³-hybridized carbons (Fsp3) is 0.212. The van der Waals surface area contributed by atoms with Gasteiger partial charge in [-0.3, -0.25) is 19.9 Å². The Bertz CT molecular complexity index is 2070. The molecule has 2 atom stereocenters. The molecule has 2 unspecified atom stereocenters. The van der Waals surface area contributed by atoms with Crippen LogP contribution in [0.4, 0.5) is 21.9 Å². The lowest BCUT2D eigenvalue weighted by Crippen LogP contribution is -2.66. The lowest BCUT2D eigenvalue weighted by atomic mass is 9.67. The maximum Gasteiger partial charge on any atom is 0.407 e. The SMILES string of the molecule is CCOc1ccccc1C1(C2CN(c3ccncc3)CCN2C(=O)O)C(=O)N(S(=O)(=O)c2ccc([N+](=O)[O-])cc2)c2ccc(C#N)cc21. The lowest BCUT2D eigenvalue weighted by Gasteiger charge is -2.48. The zero-order valence-electron chi connectivity index (χ0n) is 25.5. The average molecular weight is 669 g/mol. The molecule has 1 aromatic heterocycles. The molecule has 3 heterocycles. The van der Waals surface area contributed by atoms with Crippen LogP contribution < -0.4 is 13.9 Å². The Morgan fingerprint density at radius 3 is 2.44 bits per heavy atom. The van der Waals surface area contributed by atoms with E-state index in [-0.39, 0.29) is 60.1 Å². The first-order valence-corrected chi connectivity index (χ1v) is 16.2. The molecule has 1 N–H and O–H groups in total. The Balaban J connectivity index is 1.67. The minimum Gasteiger partial charge on any atom is -0.494 e. The van der Waals surface area contributed by atoms with Gasteiger partial charge in [0.05, 0.1) is 39.8 Å². The first kappa shape index (κ1) is 32.0. The van der Waals surface area contributed by atoms with Crippen molar-refractivity contribution in [1.82, 2.24) is 9.88 Å². The van der Waals surface area contributed by atoms with Crippen molar-refractivity contribution in [2.45, 2.75) is 23.3 Å². The van der Waals surface area contributed by atoms with E-state index in [1.54, 1.807) is 55.7 Å². The molecule has 6 rings (SSSR count). The summed E-state index contributed by atoms with van der Waals surface area (Å²) in [6, 6.07) is 19.1. The van der Waals surface area contributed by atoms with Crippen LogP contribution in [0.3, 0.4) is 0 Å². The molecule has 1 fully saturated rings. The van der Waals surface area contributed by atoms with E-state index in [2.05, 4.69) is 11.1 Å². The van der Waals surface area contributed by atoms with Gasteiger partial charge in [-0.1, -0.05) is 18.2 Å². The number of ether oxygens (including phenoxy) is 1. The molecule has 4 aromatic rings. The standard InChI is InChI=1S/C33H28N6O8S/c1-2-47-29-6-4-3-5-26(29)33(30-21-36(17-18-37(30)32(41)42)23-13-15-35-16-14-23)27-19-22(20-34)7-12-28(27)38(31(33)40)48(45,46)25-10-8-24(9-11-25)39(43)44/h3-16,19,30H,2,17-18,21H2,1H3,(H,41,42). The molecule has 0 radical (unpaired) electrons. The largest absolute Gasteiger partial charge is 0.494 e. The highest BCUT2D eigenvalue weighted by atomic mass is 32.2. The number of nitrogens with zero attached hydrogens (tertiary/aromatic N) is 6. The zero-order valence-corrected chi connectivity index (χ0v) is 26.3. The molecule has 48 heavy (non-hydrogen) atoms. The van der Waals surface area contributed by atoms with Gasteiger partial charge in [0.25, 0.3) is 21.6 Å². The van der Waals surface area contributed by atoms with Crippen molar-refractivity contribution in [2.75, 3.05) is 35.4 Å². The van der Waals surface area contributed by atoms with E-state index < -0.39 is 43.3 Å². The number of aromatic nitrogens is 1. The molecule has 15 heteroatoms. The number of sulfonamides is 1. The number of pyridine rings is 1. The second kappa shape index (κ2) is 12.3. The Morgan fingerprint density at radius 1 is 1.08 bits per heavy atom. The van der Waals surface area contributed by atoms with Gasteiger partial charge in [0.1, 0.15) is 11.2 Å². The van der Waals surface area contributed by atoms with Crippen LogP contribution >= 0.6 is 0 Å². The third kappa shape index (κ3) is 5.03. The highest BCUT2D eigenvalue weighted by Gasteiger charge is 2.63. The molecule has 0 aliphatic carbocycles. The topological polar surface area (TPSA) is 187 Å². The van der Waals surface area contributed by atoms with E-state index in [1.165, 1.54) is 18.2 Å². The summed E-state index contributed by atoms with van der Waals surface area (Å²) < 4.78 is 35.5. The molecule has 1 saturated heterocycles. The fourth-order valence-electron chi connectivity index (χ4n) is 6.57. The van der Waals surface area contributed by atoms with Crippen molar-refractivity contribution in [2.24, 2.45) is 0 Å². The van der Waals surface area contributed by atoms with E-state index in [0.29, 0.717) is 9.99 Å². The molecular weight excluding hydrogens is 640 g/mol. The van der Waals surface area contributed by atoms with Gasteiger partial charge in [0, 0.05) is 61.0 Å². The number of nitro benzene ring substituents is 1. The van der Waals surface area contributed by atoms with Gasteiger partial charge in [-0.2, -0.15) is 5.26 Å². The number of rotatable bonds is 8. The molecule has 14 nitrogen and oxygen atoms in total. The number of nitro groups is 1. The van der Waals surface area contributed by atoms with Crippen LogP contribution in [0.5, 0.6) is 5.75 Å². The molecular formula is C33H28N6O8S. The normalized spacial score (nSPS) is 19.0. The number of benzene rings is 3. The number of nitriles is 1. The van der Waals surface area contributed by atoms with Crippen LogP contribution in [0, 0.1) is 21.4 Å². The summed E-state index contributed by atoms with van der Waals surface area (Å²) >= 11 is 0. The van der Waals surface area contributed by atoms with Crippen molar-refractivity contribution in [3.05, 3.63) is 118 Å². The molecule has 2 aliphatic rings. The van der Waals surface area contributed by atoms with E-state index in [4.69, 9.17) is 4.74 Å². The van der Waals surface area contributed by atoms with E-state index >= 15 is 4.79 Å². The Labute approximate surface area is 275 Å². The number of carboxylic acid groups (broad SMARTS) is 1. The van der Waals surface area contributed by atoms with Gasteiger partial charge in [0.15, 0.2) is 0 Å². The summed E-state index contributed by atoms with van der Waals surface area (Å²) in [5.74, 6) is -0.770. The van der Waals surface area contributed by atoms with Crippen molar-refractivity contribution in [3.8, 4) is 11.8 Å². The van der Waals surface area contributed by atoms with Crippen LogP contribution in [0.15, 0.2) is 96.2 Å². The summed E-state index contributed by atoms with van der Waals surface area (Å²) in [5, 5.41) is 31.9. The Morgan fingerprint density at radius 2 is 1.79 bits per heavy atom. The van der Waals surface area contributed by atoms with Gasteiger partial charge in [-0.15, -0.1) is 0 Å². The minimum absolute atomic E-state index is 0.0451. The van der Waals surface area contributed by atoms with Crippen molar-refractivity contribution in [1.29, 1.82) is 5.26 Å². The van der Waals surface area contributed by atoms with Gasteiger partial charge < -0.3 is 19.6 Å². The van der Waals surface area contributed by atoms with E-state index in [0.717, 1.165) is 29.2 Å². The number of hydrogen-bond acceptors (Lipinski definition) is 10. The summed E-state index contributed by atoms with van der Waals surface area (Å²) in [4.78, 5) is 45.7. The zero-order chi connectivity index (χ0) is 34.2. The first-order chi connectivity index (χ1) is 23.0. The number of anilines is 2. The highest BCUT2D eigenvalue weighted by Crippen LogP contribution is 2.54. The van der Waals surface area contributed by atoms with Crippen LogP contribution in [-0.4, -0.2) is 72.6 Å². The molecule has 244 valence electrons. The van der Waals surface area contributed by atoms with Crippen molar-refractivity contribution < 1.29 is 32.8 Å². The number of fused-ring (bicyclic) bond motifs is 1. The Hall–Kier alpha value is -6.01. The summed E-state index contributed by atoms with van der Waals surface area (Å²) in [7, 11) is -4.76. The number of non-ortho nitro benzene ring substituents is 1. The molecule has 0 bridgehead atoms. The van der Waals surface area contributed by atoms with Crippen LogP contribution in [0.1, 0.15) is 23.6 Å². The maximum atomic E-state index is 15.4. The third-order valence-electron chi connectivity index (χ3n) is 8.64. The smallest absolute Gasteiger partial charge is 0.407 e. The molecule has 0 spiro atoms. The predicted molar refractivity (Wildman–Crippen MR) is 172 cm³/mol. The van der Waals surface area contributed by atoms with E-state index in [9.17, 15) is 33.7 Å². The quantitative estimate of drug-likeness (QED) is 0.210. The van der Waals surface area contributed by atoms with E-state index in [1.807, 2.05) is 4.90 Å². The maximum absolute atomic E-state index is 15.4. The predicted octanol–water partition coefficient (Wildman–Crippen LogP) is 4.15. The third-order valence-corrected chi connectivity index (χ3v) is 10.4. The number of hydrogen-bond donors (Lipinski definition) is 1. The second-order valence-electron chi connectivity index (χ2n) is 11.0. The number of carbonyl (C=O) groups is 2. The monoisotopic (exact) mass is 668 g/mol. The molecule has 2 amide bonds. The van der Waals surface area contributed by atoms with Gasteiger partial charge in [-0.05, 0) is 55.5 Å². The van der Waals surface area contributed by atoms with Crippen LogP contribution in [0.25, 0.3) is 0 Å². The van der Waals surface area contributed by atoms with Gasteiger partial charge in [-0.25, -0.2) is 17.5 Å². The molecule has 3 aromatic carbocycles. The van der Waals surface area contributed by atoms with Crippen molar-refractivity contribution >= 4 is 39.1 Å². The average Bonchev–Trinajstić information content (AvgIpc) is 3.36. The fourth-order valence-corrected chi connectivity index (χ4v) is 8.05. The summed E-state index contributed by atoms with van der Waals surface area (Å²) in [5.41, 5.74) is -1.37. The van der Waals surface area contributed by atoms with Crippen molar-refractivity contribution in [3.63, 3.8) is 0 Å². The van der Waals surface area contributed by atoms with Crippen LogP contribution in [0.2, 0.25) is 0 Å². The first-order valence-electron chi connectivity index (χ1n) is 14.8. The van der Waals surface area contributed by atoms with Crippen LogP contribution in [-0.2, 0) is 20.2 Å².